The molecule has 2 aliphatic rings. The Balaban J connectivity index is 1.78. The highest BCUT2D eigenvalue weighted by atomic mass is 16.3. The van der Waals surface area contributed by atoms with E-state index in [-0.39, 0.29) is 12.1 Å². The van der Waals surface area contributed by atoms with Gasteiger partial charge in [-0.2, -0.15) is 0 Å². The van der Waals surface area contributed by atoms with Crippen molar-refractivity contribution in [2.75, 3.05) is 26.2 Å². The van der Waals surface area contributed by atoms with Crippen LogP contribution in [-0.2, 0) is 0 Å². The van der Waals surface area contributed by atoms with E-state index in [0.29, 0.717) is 6.04 Å². The predicted molar refractivity (Wildman–Crippen MR) is 71.1 cm³/mol. The number of hydrogen-bond acceptors (Lipinski definition) is 3. The standard InChI is InChI=1S/C14H28N2O/c1-3-12-6-8-16(9-7-12)10-14(2,11-17)15-13-4-5-13/h12-13,15,17H,3-11H2,1-2H3. The summed E-state index contributed by atoms with van der Waals surface area (Å²) >= 11 is 0. The summed E-state index contributed by atoms with van der Waals surface area (Å²) in [6.45, 7) is 8.12. The van der Waals surface area contributed by atoms with Crippen LogP contribution in [0.2, 0.25) is 0 Å². The molecule has 0 spiro atoms. The van der Waals surface area contributed by atoms with Gasteiger partial charge >= 0.3 is 0 Å². The molecule has 0 aromatic heterocycles. The van der Waals surface area contributed by atoms with Crippen LogP contribution >= 0.6 is 0 Å². The first-order valence-corrected chi connectivity index (χ1v) is 7.26. The largest absolute Gasteiger partial charge is 0.394 e. The molecular weight excluding hydrogens is 212 g/mol. The molecule has 1 unspecified atom stereocenters. The summed E-state index contributed by atoms with van der Waals surface area (Å²) in [6.07, 6.45) is 6.56. The van der Waals surface area contributed by atoms with Crippen LogP contribution in [0.3, 0.4) is 0 Å². The van der Waals surface area contributed by atoms with Gasteiger partial charge in [-0.1, -0.05) is 13.3 Å². The Morgan fingerprint density at radius 1 is 1.24 bits per heavy atom. The average Bonchev–Trinajstić information content (AvgIpc) is 3.14. The second-order valence-corrected chi connectivity index (χ2v) is 6.27. The number of aliphatic hydroxyl groups excluding tert-OH is 1. The van der Waals surface area contributed by atoms with Gasteiger partial charge in [0.25, 0.3) is 0 Å². The van der Waals surface area contributed by atoms with Gasteiger partial charge in [0.05, 0.1) is 12.1 Å². The Morgan fingerprint density at radius 3 is 2.35 bits per heavy atom. The SMILES string of the molecule is CCC1CCN(CC(C)(CO)NC2CC2)CC1. The van der Waals surface area contributed by atoms with Crippen LogP contribution in [0.25, 0.3) is 0 Å². The lowest BCUT2D eigenvalue weighted by molar-refractivity contribution is 0.0945. The van der Waals surface area contributed by atoms with Gasteiger partial charge in [0.1, 0.15) is 0 Å². The molecule has 2 fully saturated rings. The topological polar surface area (TPSA) is 35.5 Å². The van der Waals surface area contributed by atoms with E-state index < -0.39 is 0 Å². The molecule has 2 rings (SSSR count). The van der Waals surface area contributed by atoms with E-state index in [2.05, 4.69) is 24.1 Å². The van der Waals surface area contributed by atoms with E-state index in [1.807, 2.05) is 0 Å². The van der Waals surface area contributed by atoms with Crippen molar-refractivity contribution in [2.45, 2.75) is 57.5 Å². The number of aliphatic hydroxyl groups is 1. The van der Waals surface area contributed by atoms with Crippen molar-refractivity contribution in [3.8, 4) is 0 Å². The molecule has 1 heterocycles. The molecule has 1 saturated heterocycles. The Labute approximate surface area is 106 Å². The van der Waals surface area contributed by atoms with Gasteiger partial charge in [0, 0.05) is 12.6 Å². The van der Waals surface area contributed by atoms with Gasteiger partial charge in [-0.05, 0) is 51.6 Å². The van der Waals surface area contributed by atoms with Crippen LogP contribution in [0.15, 0.2) is 0 Å². The van der Waals surface area contributed by atoms with E-state index in [0.717, 1.165) is 12.5 Å². The molecule has 2 N–H and O–H groups in total. The van der Waals surface area contributed by atoms with E-state index in [1.165, 1.54) is 45.2 Å². The van der Waals surface area contributed by atoms with Crippen molar-refractivity contribution in [1.82, 2.24) is 10.2 Å². The van der Waals surface area contributed by atoms with Crippen LogP contribution < -0.4 is 5.32 Å². The molecular formula is C14H28N2O. The third-order valence-electron chi connectivity index (χ3n) is 4.34. The van der Waals surface area contributed by atoms with Gasteiger partial charge in [-0.25, -0.2) is 0 Å². The highest BCUT2D eigenvalue weighted by Gasteiger charge is 2.34. The summed E-state index contributed by atoms with van der Waals surface area (Å²) in [7, 11) is 0. The van der Waals surface area contributed by atoms with E-state index in [1.54, 1.807) is 0 Å². The summed E-state index contributed by atoms with van der Waals surface area (Å²) in [5, 5.41) is 13.2. The van der Waals surface area contributed by atoms with Crippen LogP contribution in [0, 0.1) is 5.92 Å². The average molecular weight is 240 g/mol. The molecule has 0 bridgehead atoms. The van der Waals surface area contributed by atoms with Gasteiger partial charge in [-0.15, -0.1) is 0 Å². The van der Waals surface area contributed by atoms with Gasteiger partial charge in [-0.3, -0.25) is 0 Å². The van der Waals surface area contributed by atoms with Crippen molar-refractivity contribution < 1.29 is 5.11 Å². The van der Waals surface area contributed by atoms with Gasteiger partial charge in [0.2, 0.25) is 0 Å². The lowest BCUT2D eigenvalue weighted by atomic mass is 9.93. The number of rotatable bonds is 6. The van der Waals surface area contributed by atoms with Crippen molar-refractivity contribution >= 4 is 0 Å². The molecule has 0 aromatic carbocycles. The molecule has 1 atom stereocenters. The Bertz CT molecular complexity index is 234. The van der Waals surface area contributed by atoms with Crippen LogP contribution in [0.5, 0.6) is 0 Å². The summed E-state index contributed by atoms with van der Waals surface area (Å²) in [5.74, 6) is 0.933. The van der Waals surface area contributed by atoms with Crippen molar-refractivity contribution in [2.24, 2.45) is 5.92 Å². The Kier molecular flexibility index (Phi) is 4.45. The quantitative estimate of drug-likeness (QED) is 0.740. The highest BCUT2D eigenvalue weighted by molar-refractivity contribution is 4.94. The fourth-order valence-electron chi connectivity index (χ4n) is 2.91. The van der Waals surface area contributed by atoms with Crippen LogP contribution in [-0.4, -0.2) is 47.8 Å². The van der Waals surface area contributed by atoms with Crippen molar-refractivity contribution in [3.63, 3.8) is 0 Å². The number of hydrogen-bond donors (Lipinski definition) is 2. The molecule has 3 heteroatoms. The zero-order chi connectivity index (χ0) is 12.3. The number of nitrogens with one attached hydrogen (secondary N) is 1. The third kappa shape index (κ3) is 3.94. The normalized spacial score (nSPS) is 27.0. The minimum atomic E-state index is -0.0970. The van der Waals surface area contributed by atoms with E-state index in [4.69, 9.17) is 0 Å². The molecule has 100 valence electrons. The molecule has 1 aliphatic carbocycles. The molecule has 1 aliphatic heterocycles. The first-order valence-electron chi connectivity index (χ1n) is 7.26. The maximum Gasteiger partial charge on any atom is 0.0623 e. The van der Waals surface area contributed by atoms with Gasteiger partial charge < -0.3 is 15.3 Å². The first kappa shape index (κ1) is 13.3. The fourth-order valence-corrected chi connectivity index (χ4v) is 2.91. The fraction of sp³-hybridized carbons (Fsp3) is 1.00. The molecule has 0 radical (unpaired) electrons. The lowest BCUT2D eigenvalue weighted by Crippen LogP contribution is -2.56. The predicted octanol–water partition coefficient (Wildman–Crippen LogP) is 1.61. The minimum Gasteiger partial charge on any atom is -0.394 e. The zero-order valence-electron chi connectivity index (χ0n) is 11.4. The monoisotopic (exact) mass is 240 g/mol. The Morgan fingerprint density at radius 2 is 1.88 bits per heavy atom. The smallest absolute Gasteiger partial charge is 0.0623 e. The highest BCUT2D eigenvalue weighted by Crippen LogP contribution is 2.25. The number of likely N-dealkylation sites (tertiary alicyclic amines) is 1. The third-order valence-corrected chi connectivity index (χ3v) is 4.34. The van der Waals surface area contributed by atoms with Crippen molar-refractivity contribution in [3.05, 3.63) is 0 Å². The second-order valence-electron chi connectivity index (χ2n) is 6.27. The second kappa shape index (κ2) is 5.68. The van der Waals surface area contributed by atoms with E-state index >= 15 is 0 Å². The van der Waals surface area contributed by atoms with Crippen molar-refractivity contribution in [1.29, 1.82) is 0 Å². The summed E-state index contributed by atoms with van der Waals surface area (Å²) < 4.78 is 0. The van der Waals surface area contributed by atoms with Gasteiger partial charge in [0.15, 0.2) is 0 Å². The summed E-state index contributed by atoms with van der Waals surface area (Å²) in [4.78, 5) is 2.53. The number of nitrogens with zero attached hydrogens (tertiary/aromatic N) is 1. The van der Waals surface area contributed by atoms with E-state index in [9.17, 15) is 5.11 Å². The first-order chi connectivity index (χ1) is 8.15. The summed E-state index contributed by atoms with van der Waals surface area (Å²) in [5.41, 5.74) is -0.0970. The van der Waals surface area contributed by atoms with Crippen LogP contribution in [0.1, 0.15) is 46.0 Å². The molecule has 3 nitrogen and oxygen atoms in total. The lowest BCUT2D eigenvalue weighted by Gasteiger charge is -2.38. The minimum absolute atomic E-state index is 0.0970. The molecule has 0 amide bonds. The summed E-state index contributed by atoms with van der Waals surface area (Å²) in [6, 6.07) is 0.667. The van der Waals surface area contributed by atoms with Crippen LogP contribution in [0.4, 0.5) is 0 Å². The maximum absolute atomic E-state index is 9.60. The Hall–Kier alpha value is -0.120. The number of piperidine rings is 1. The maximum atomic E-state index is 9.60. The molecule has 1 saturated carbocycles. The molecule has 0 aromatic rings. The zero-order valence-corrected chi connectivity index (χ0v) is 11.4. The molecule has 17 heavy (non-hydrogen) atoms.